The molecule has 0 saturated heterocycles. The summed E-state index contributed by atoms with van der Waals surface area (Å²) in [5, 5.41) is 6.14. The van der Waals surface area contributed by atoms with E-state index in [0.717, 1.165) is 16.2 Å². The maximum atomic E-state index is 4.48. The summed E-state index contributed by atoms with van der Waals surface area (Å²) in [5.74, 6) is 0. The molecule has 0 unspecified atom stereocenters. The van der Waals surface area contributed by atoms with Gasteiger partial charge in [0.05, 0.1) is 11.9 Å². The fraction of sp³-hybridized carbons (Fsp3) is 0.111. The molecule has 5 heteroatoms. The van der Waals surface area contributed by atoms with Gasteiger partial charge in [-0.05, 0) is 0 Å². The average Bonchev–Trinajstić information content (AvgIpc) is 2.75. The van der Waals surface area contributed by atoms with Gasteiger partial charge in [-0.2, -0.15) is 5.10 Å². The maximum Gasteiger partial charge on any atom is 0.194 e. The van der Waals surface area contributed by atoms with E-state index in [1.54, 1.807) is 16.0 Å². The number of thiazole rings is 1. The van der Waals surface area contributed by atoms with E-state index >= 15 is 0 Å². The largest absolute Gasteiger partial charge is 0.297 e. The normalized spacial score (nSPS) is 11.2. The van der Waals surface area contributed by atoms with Gasteiger partial charge in [0.2, 0.25) is 0 Å². The summed E-state index contributed by atoms with van der Waals surface area (Å²) in [4.78, 5) is 5.50. The summed E-state index contributed by atoms with van der Waals surface area (Å²) in [5.41, 5.74) is 2.04. The molecule has 0 bridgehead atoms. The minimum atomic E-state index is 0.977. The zero-order valence-corrected chi connectivity index (χ0v) is 8.40. The highest BCUT2D eigenvalue weighted by Gasteiger charge is 2.05. The van der Waals surface area contributed by atoms with Crippen LogP contribution in [-0.2, 0) is 7.05 Å². The van der Waals surface area contributed by atoms with E-state index in [-0.39, 0.29) is 0 Å². The van der Waals surface area contributed by atoms with Crippen LogP contribution in [0.15, 0.2) is 30.2 Å². The summed E-state index contributed by atoms with van der Waals surface area (Å²) in [6.45, 7) is 0. The van der Waals surface area contributed by atoms with E-state index in [0.29, 0.717) is 0 Å². The van der Waals surface area contributed by atoms with E-state index < -0.39 is 0 Å². The van der Waals surface area contributed by atoms with Crippen LogP contribution in [0, 0.1) is 0 Å². The highest BCUT2D eigenvalue weighted by atomic mass is 32.1. The predicted octanol–water partition coefficient (Wildman–Crippen LogP) is 1.80. The van der Waals surface area contributed by atoms with Crippen molar-refractivity contribution in [2.75, 3.05) is 0 Å². The second kappa shape index (κ2) is 2.68. The average molecular weight is 204 g/mol. The fourth-order valence-corrected chi connectivity index (χ4v) is 2.12. The third kappa shape index (κ3) is 1.06. The van der Waals surface area contributed by atoms with Crippen LogP contribution in [0.4, 0.5) is 0 Å². The quantitative estimate of drug-likeness (QED) is 0.605. The van der Waals surface area contributed by atoms with Gasteiger partial charge in [-0.3, -0.25) is 9.08 Å². The molecule has 0 aromatic carbocycles. The van der Waals surface area contributed by atoms with Crippen molar-refractivity contribution in [3.05, 3.63) is 30.2 Å². The molecule has 0 amide bonds. The van der Waals surface area contributed by atoms with E-state index in [1.807, 2.05) is 41.6 Å². The Labute approximate surface area is 84.4 Å². The highest BCUT2D eigenvalue weighted by Crippen LogP contribution is 2.20. The van der Waals surface area contributed by atoms with Gasteiger partial charge in [0.1, 0.15) is 0 Å². The molecule has 0 radical (unpaired) electrons. The Balaban J connectivity index is 2.18. The minimum Gasteiger partial charge on any atom is -0.297 e. The number of hydrogen-bond donors (Lipinski definition) is 0. The second-order valence-electron chi connectivity index (χ2n) is 3.12. The molecule has 3 aromatic rings. The molecule has 0 atom stereocenters. The van der Waals surface area contributed by atoms with Crippen molar-refractivity contribution < 1.29 is 0 Å². The molecular weight excluding hydrogens is 196 g/mol. The Bertz CT molecular complexity index is 546. The van der Waals surface area contributed by atoms with Crippen molar-refractivity contribution in [2.45, 2.75) is 0 Å². The van der Waals surface area contributed by atoms with Gasteiger partial charge >= 0.3 is 0 Å². The number of rotatable bonds is 1. The van der Waals surface area contributed by atoms with Crippen molar-refractivity contribution >= 4 is 16.3 Å². The van der Waals surface area contributed by atoms with Crippen LogP contribution in [-0.4, -0.2) is 19.2 Å². The molecule has 0 aliphatic rings. The Hall–Kier alpha value is -1.62. The van der Waals surface area contributed by atoms with Gasteiger partial charge in [0, 0.05) is 36.6 Å². The van der Waals surface area contributed by atoms with Gasteiger partial charge in [0.15, 0.2) is 4.96 Å². The zero-order chi connectivity index (χ0) is 9.54. The zero-order valence-electron chi connectivity index (χ0n) is 7.58. The first kappa shape index (κ1) is 7.75. The van der Waals surface area contributed by atoms with Crippen LogP contribution in [0.5, 0.6) is 0 Å². The molecule has 14 heavy (non-hydrogen) atoms. The Morgan fingerprint density at radius 3 is 3.00 bits per heavy atom. The predicted molar refractivity (Wildman–Crippen MR) is 55.3 cm³/mol. The number of aromatic nitrogens is 4. The summed E-state index contributed by atoms with van der Waals surface area (Å²) >= 11 is 1.63. The fourth-order valence-electron chi connectivity index (χ4n) is 1.42. The van der Waals surface area contributed by atoms with Gasteiger partial charge in [0.25, 0.3) is 0 Å². The minimum absolute atomic E-state index is 0.977. The Morgan fingerprint density at radius 1 is 1.36 bits per heavy atom. The molecule has 70 valence electrons. The summed E-state index contributed by atoms with van der Waals surface area (Å²) in [6.07, 6.45) is 7.81. The SMILES string of the molecule is Cn1cc(-c2cn3ccsc3n2)cn1. The van der Waals surface area contributed by atoms with Crippen LogP contribution < -0.4 is 0 Å². The summed E-state index contributed by atoms with van der Waals surface area (Å²) in [7, 11) is 1.90. The Kier molecular flexibility index (Phi) is 1.49. The first-order valence-electron chi connectivity index (χ1n) is 4.24. The second-order valence-corrected chi connectivity index (χ2v) is 3.99. The van der Waals surface area contributed by atoms with Crippen LogP contribution >= 0.6 is 11.3 Å². The van der Waals surface area contributed by atoms with E-state index in [9.17, 15) is 0 Å². The lowest BCUT2D eigenvalue weighted by molar-refractivity contribution is 0.768. The number of hydrogen-bond acceptors (Lipinski definition) is 3. The van der Waals surface area contributed by atoms with Crippen LogP contribution in [0.3, 0.4) is 0 Å². The highest BCUT2D eigenvalue weighted by molar-refractivity contribution is 7.15. The van der Waals surface area contributed by atoms with Crippen LogP contribution in [0.25, 0.3) is 16.2 Å². The standard InChI is InChI=1S/C9H8N4S/c1-12-5-7(4-10-12)8-6-13-2-3-14-9(13)11-8/h2-6H,1H3. The summed E-state index contributed by atoms with van der Waals surface area (Å²) in [6, 6.07) is 0. The van der Waals surface area contributed by atoms with Gasteiger partial charge < -0.3 is 0 Å². The van der Waals surface area contributed by atoms with Gasteiger partial charge in [-0.1, -0.05) is 0 Å². The van der Waals surface area contributed by atoms with Gasteiger partial charge in [-0.25, -0.2) is 4.98 Å². The van der Waals surface area contributed by atoms with Gasteiger partial charge in [-0.15, -0.1) is 11.3 Å². The molecule has 3 aromatic heterocycles. The Morgan fingerprint density at radius 2 is 2.29 bits per heavy atom. The molecular formula is C9H8N4S. The van der Waals surface area contributed by atoms with Crippen LogP contribution in [0.1, 0.15) is 0 Å². The first-order chi connectivity index (χ1) is 6.83. The number of aryl methyl sites for hydroxylation is 1. The lowest BCUT2D eigenvalue weighted by atomic mass is 10.3. The number of nitrogens with zero attached hydrogens (tertiary/aromatic N) is 4. The lowest BCUT2D eigenvalue weighted by Gasteiger charge is -1.85. The van der Waals surface area contributed by atoms with Crippen molar-refractivity contribution in [1.82, 2.24) is 19.2 Å². The van der Waals surface area contributed by atoms with Crippen LogP contribution in [0.2, 0.25) is 0 Å². The molecule has 0 spiro atoms. The third-order valence-corrected chi connectivity index (χ3v) is 2.86. The molecule has 0 aliphatic carbocycles. The summed E-state index contributed by atoms with van der Waals surface area (Å²) < 4.78 is 3.80. The molecule has 0 aliphatic heterocycles. The smallest absolute Gasteiger partial charge is 0.194 e. The molecule has 0 fully saturated rings. The van der Waals surface area contributed by atoms with E-state index in [4.69, 9.17) is 0 Å². The number of imidazole rings is 1. The number of fused-ring (bicyclic) bond motifs is 1. The van der Waals surface area contributed by atoms with E-state index in [1.165, 1.54) is 0 Å². The molecule has 0 N–H and O–H groups in total. The lowest BCUT2D eigenvalue weighted by Crippen LogP contribution is -1.84. The monoisotopic (exact) mass is 204 g/mol. The molecule has 3 rings (SSSR count). The van der Waals surface area contributed by atoms with Crippen molar-refractivity contribution in [3.63, 3.8) is 0 Å². The van der Waals surface area contributed by atoms with Crippen molar-refractivity contribution in [3.8, 4) is 11.3 Å². The third-order valence-electron chi connectivity index (χ3n) is 2.09. The first-order valence-corrected chi connectivity index (χ1v) is 5.12. The van der Waals surface area contributed by atoms with E-state index in [2.05, 4.69) is 10.1 Å². The topological polar surface area (TPSA) is 35.1 Å². The molecule has 4 nitrogen and oxygen atoms in total. The van der Waals surface area contributed by atoms with Crippen molar-refractivity contribution in [2.24, 2.45) is 7.05 Å². The molecule has 0 saturated carbocycles. The maximum absolute atomic E-state index is 4.48. The molecule has 3 heterocycles. The van der Waals surface area contributed by atoms with Crippen molar-refractivity contribution in [1.29, 1.82) is 0 Å².